The van der Waals surface area contributed by atoms with Gasteiger partial charge in [-0.1, -0.05) is 24.3 Å². The standard InChI is InChI=1S/C44H70N4O12/c1-43(2,3)59-41(51)47-23-9-7-13-35-15-19-37(20-16-35)55-31-27-53-29-33-57-39(49)45-25-11-12-26-46-40(50)58-34-30-54-28-32-56-38-21-17-36(18-22-38)14-8-10-24-48-42(52)60-44(4,5)6/h15-22H,7-14,23-34H2,1-6H3,(H,45,49)(H,46,50)(H,47,51)(H,48,52). The Balaban J connectivity index is 1.33. The molecule has 0 aliphatic rings. The molecule has 0 fully saturated rings. The van der Waals surface area contributed by atoms with Gasteiger partial charge in [0.15, 0.2) is 0 Å². The van der Waals surface area contributed by atoms with E-state index in [4.69, 9.17) is 37.9 Å². The van der Waals surface area contributed by atoms with Crippen LogP contribution in [-0.4, -0.2) is 115 Å². The van der Waals surface area contributed by atoms with Crippen LogP contribution in [0.3, 0.4) is 0 Å². The van der Waals surface area contributed by atoms with Crippen LogP contribution in [0.2, 0.25) is 0 Å². The van der Waals surface area contributed by atoms with E-state index in [2.05, 4.69) is 21.3 Å². The highest BCUT2D eigenvalue weighted by Crippen LogP contribution is 2.15. The summed E-state index contributed by atoms with van der Waals surface area (Å²) in [5.74, 6) is 1.49. The third-order valence-electron chi connectivity index (χ3n) is 8.02. The van der Waals surface area contributed by atoms with E-state index < -0.39 is 35.6 Å². The predicted molar refractivity (Wildman–Crippen MR) is 228 cm³/mol. The number of carbonyl (C=O) groups is 4. The highest BCUT2D eigenvalue weighted by molar-refractivity contribution is 5.68. The Morgan fingerprint density at radius 2 is 0.733 bits per heavy atom. The van der Waals surface area contributed by atoms with Crippen LogP contribution >= 0.6 is 0 Å². The van der Waals surface area contributed by atoms with Gasteiger partial charge in [0.25, 0.3) is 0 Å². The van der Waals surface area contributed by atoms with Crippen molar-refractivity contribution >= 4 is 24.4 Å². The van der Waals surface area contributed by atoms with Crippen LogP contribution < -0.4 is 30.7 Å². The number of hydrogen-bond acceptors (Lipinski definition) is 12. The molecular weight excluding hydrogens is 776 g/mol. The van der Waals surface area contributed by atoms with Gasteiger partial charge in [-0.3, -0.25) is 0 Å². The maximum absolute atomic E-state index is 11.9. The molecule has 2 aromatic rings. The molecule has 0 unspecified atom stereocenters. The average molecular weight is 847 g/mol. The molecule has 4 amide bonds. The van der Waals surface area contributed by atoms with E-state index in [0.29, 0.717) is 65.4 Å². The highest BCUT2D eigenvalue weighted by Gasteiger charge is 2.16. The van der Waals surface area contributed by atoms with E-state index in [1.54, 1.807) is 0 Å². The zero-order chi connectivity index (χ0) is 43.9. The monoisotopic (exact) mass is 846 g/mol. The predicted octanol–water partition coefficient (Wildman–Crippen LogP) is 7.11. The number of hydrogen-bond donors (Lipinski definition) is 4. The van der Waals surface area contributed by atoms with Crippen molar-refractivity contribution in [2.45, 2.75) is 104 Å². The van der Waals surface area contributed by atoms with E-state index in [0.717, 1.165) is 50.0 Å². The molecule has 2 aromatic carbocycles. The summed E-state index contributed by atoms with van der Waals surface area (Å²) in [6.45, 7) is 15.2. The van der Waals surface area contributed by atoms with Crippen LogP contribution in [0.1, 0.15) is 91.2 Å². The lowest BCUT2D eigenvalue weighted by atomic mass is 10.1. The number of alkyl carbamates (subject to hydrolysis) is 4. The number of amides is 4. The summed E-state index contributed by atoms with van der Waals surface area (Å²) >= 11 is 0. The molecule has 0 heterocycles. The van der Waals surface area contributed by atoms with Gasteiger partial charge in [-0.2, -0.15) is 0 Å². The normalized spacial score (nSPS) is 11.2. The molecular formula is C44H70N4O12. The Morgan fingerprint density at radius 3 is 1.08 bits per heavy atom. The first-order valence-corrected chi connectivity index (χ1v) is 21.0. The van der Waals surface area contributed by atoms with Crippen molar-refractivity contribution in [3.05, 3.63) is 59.7 Å². The van der Waals surface area contributed by atoms with Crippen molar-refractivity contribution in [3.8, 4) is 11.5 Å². The Labute approximate surface area is 356 Å². The third-order valence-corrected chi connectivity index (χ3v) is 8.02. The molecule has 0 spiro atoms. The fourth-order valence-corrected chi connectivity index (χ4v) is 5.18. The van der Waals surface area contributed by atoms with Crippen molar-refractivity contribution in [3.63, 3.8) is 0 Å². The number of carbonyl (C=O) groups excluding carboxylic acids is 4. The first kappa shape index (κ1) is 51.2. The van der Waals surface area contributed by atoms with E-state index in [-0.39, 0.29) is 26.4 Å². The Morgan fingerprint density at radius 1 is 0.417 bits per heavy atom. The summed E-state index contributed by atoms with van der Waals surface area (Å²) in [7, 11) is 0. The first-order chi connectivity index (χ1) is 28.7. The second-order valence-electron chi connectivity index (χ2n) is 15.8. The smallest absolute Gasteiger partial charge is 0.407 e. The third kappa shape index (κ3) is 29.3. The van der Waals surface area contributed by atoms with Crippen LogP contribution in [-0.2, 0) is 41.3 Å². The minimum atomic E-state index is -0.528. The fraction of sp³-hybridized carbons (Fsp3) is 0.636. The van der Waals surface area contributed by atoms with Gasteiger partial charge in [0.05, 0.1) is 26.4 Å². The lowest BCUT2D eigenvalue weighted by molar-refractivity contribution is 0.0515. The summed E-state index contributed by atoms with van der Waals surface area (Å²) in [4.78, 5) is 47.2. The quantitative estimate of drug-likeness (QED) is 0.0481. The number of ether oxygens (including phenoxy) is 8. The minimum absolute atomic E-state index is 0.118. The summed E-state index contributed by atoms with van der Waals surface area (Å²) < 4.78 is 43.1. The SMILES string of the molecule is CC(C)(C)OC(=O)NCCCCc1ccc(OCCOCCOC(=O)NCCCCNC(=O)OCCOCCOc2ccc(CCCCNC(=O)OC(C)(C)C)cc2)cc1. The Kier molecular flexibility index (Phi) is 25.7. The second-order valence-corrected chi connectivity index (χ2v) is 15.8. The van der Waals surface area contributed by atoms with Crippen LogP contribution in [0.15, 0.2) is 48.5 Å². The molecule has 0 aromatic heterocycles. The van der Waals surface area contributed by atoms with E-state index in [9.17, 15) is 19.2 Å². The molecule has 4 N–H and O–H groups in total. The summed E-state index contributed by atoms with van der Waals surface area (Å²) in [6, 6.07) is 15.8. The topological polar surface area (TPSA) is 190 Å². The molecule has 0 atom stereocenters. The average Bonchev–Trinajstić information content (AvgIpc) is 3.18. The Bertz CT molecular complexity index is 1370. The number of benzene rings is 2. The van der Waals surface area contributed by atoms with Gasteiger partial charge in [0, 0.05) is 26.2 Å². The fourth-order valence-electron chi connectivity index (χ4n) is 5.18. The molecule has 16 heteroatoms. The number of unbranched alkanes of at least 4 members (excludes halogenated alkanes) is 3. The number of rotatable bonds is 29. The van der Waals surface area contributed by atoms with Crippen molar-refractivity contribution < 1.29 is 57.1 Å². The van der Waals surface area contributed by atoms with Crippen molar-refractivity contribution in [2.75, 3.05) is 79.0 Å². The van der Waals surface area contributed by atoms with E-state index in [1.165, 1.54) is 11.1 Å². The van der Waals surface area contributed by atoms with Crippen molar-refractivity contribution in [1.29, 1.82) is 0 Å². The molecule has 0 aliphatic carbocycles. The molecule has 0 aliphatic heterocycles. The van der Waals surface area contributed by atoms with Gasteiger partial charge in [0.1, 0.15) is 49.1 Å². The largest absolute Gasteiger partial charge is 0.491 e. The molecule has 0 saturated carbocycles. The molecule has 0 radical (unpaired) electrons. The van der Waals surface area contributed by atoms with Gasteiger partial charge >= 0.3 is 24.4 Å². The summed E-state index contributed by atoms with van der Waals surface area (Å²) in [5.41, 5.74) is 1.39. The van der Waals surface area contributed by atoms with Gasteiger partial charge < -0.3 is 59.2 Å². The van der Waals surface area contributed by atoms with Gasteiger partial charge in [0.2, 0.25) is 0 Å². The molecule has 338 valence electrons. The number of nitrogens with one attached hydrogen (secondary N) is 4. The highest BCUT2D eigenvalue weighted by atomic mass is 16.6. The van der Waals surface area contributed by atoms with Gasteiger partial charge in [-0.25, -0.2) is 19.2 Å². The maximum atomic E-state index is 11.9. The lowest BCUT2D eigenvalue weighted by Crippen LogP contribution is -2.33. The molecule has 60 heavy (non-hydrogen) atoms. The molecule has 0 bridgehead atoms. The second kappa shape index (κ2) is 30.1. The number of aryl methyl sites for hydroxylation is 2. The summed E-state index contributed by atoms with van der Waals surface area (Å²) in [6.07, 6.45) is 4.87. The van der Waals surface area contributed by atoms with Crippen LogP contribution in [0, 0.1) is 0 Å². The van der Waals surface area contributed by atoms with E-state index in [1.807, 2.05) is 90.1 Å². The Hall–Kier alpha value is -4.96. The van der Waals surface area contributed by atoms with Gasteiger partial charge in [-0.15, -0.1) is 0 Å². The first-order valence-electron chi connectivity index (χ1n) is 21.0. The maximum Gasteiger partial charge on any atom is 0.407 e. The van der Waals surface area contributed by atoms with Crippen LogP contribution in [0.5, 0.6) is 11.5 Å². The zero-order valence-corrected chi connectivity index (χ0v) is 36.7. The zero-order valence-electron chi connectivity index (χ0n) is 36.7. The van der Waals surface area contributed by atoms with E-state index >= 15 is 0 Å². The minimum Gasteiger partial charge on any atom is -0.491 e. The van der Waals surface area contributed by atoms with Crippen LogP contribution in [0.25, 0.3) is 0 Å². The summed E-state index contributed by atoms with van der Waals surface area (Å²) in [5, 5.41) is 10.9. The lowest BCUT2D eigenvalue weighted by Gasteiger charge is -2.19. The molecule has 0 saturated heterocycles. The van der Waals surface area contributed by atoms with Crippen molar-refractivity contribution in [1.82, 2.24) is 21.3 Å². The van der Waals surface area contributed by atoms with Gasteiger partial charge in [-0.05, 0) is 128 Å². The molecule has 16 nitrogen and oxygen atoms in total. The van der Waals surface area contributed by atoms with Crippen molar-refractivity contribution in [2.24, 2.45) is 0 Å². The van der Waals surface area contributed by atoms with Crippen LogP contribution in [0.4, 0.5) is 19.2 Å². The molecule has 2 rings (SSSR count).